The summed E-state index contributed by atoms with van der Waals surface area (Å²) in [6, 6.07) is 15.8. The Morgan fingerprint density at radius 1 is 0.900 bits per heavy atom. The molecule has 0 aliphatic heterocycles. The highest BCUT2D eigenvalue weighted by Crippen LogP contribution is 2.31. The van der Waals surface area contributed by atoms with E-state index in [1.807, 2.05) is 0 Å². The monoisotopic (exact) mass is 266 g/mol. The molecule has 0 atom stereocenters. The summed E-state index contributed by atoms with van der Waals surface area (Å²) in [7, 11) is 0. The molecular formula is C20H26. The first-order chi connectivity index (χ1) is 9.29. The van der Waals surface area contributed by atoms with Gasteiger partial charge >= 0.3 is 0 Å². The van der Waals surface area contributed by atoms with Crippen molar-refractivity contribution in [3.8, 4) is 11.1 Å². The first kappa shape index (κ1) is 14.8. The Labute approximate surface area is 123 Å². The van der Waals surface area contributed by atoms with Crippen molar-refractivity contribution in [2.24, 2.45) is 0 Å². The van der Waals surface area contributed by atoms with E-state index in [0.29, 0.717) is 5.92 Å². The fourth-order valence-electron chi connectivity index (χ4n) is 2.46. The zero-order valence-corrected chi connectivity index (χ0v) is 13.6. The molecule has 0 saturated carbocycles. The SMILES string of the molecule is Cc1ccc(C(C)C)cc1-c1cccc(C(C)(C)C)c1. The minimum atomic E-state index is 0.194. The van der Waals surface area contributed by atoms with E-state index < -0.39 is 0 Å². The smallest absolute Gasteiger partial charge is 0.0132 e. The van der Waals surface area contributed by atoms with E-state index >= 15 is 0 Å². The van der Waals surface area contributed by atoms with Crippen LogP contribution in [0.3, 0.4) is 0 Å². The van der Waals surface area contributed by atoms with Crippen LogP contribution in [0.1, 0.15) is 57.2 Å². The Balaban J connectivity index is 2.54. The van der Waals surface area contributed by atoms with Gasteiger partial charge in [-0.2, -0.15) is 0 Å². The highest BCUT2D eigenvalue weighted by atomic mass is 14.2. The molecule has 0 saturated heterocycles. The van der Waals surface area contributed by atoms with E-state index in [1.54, 1.807) is 0 Å². The molecule has 0 heteroatoms. The summed E-state index contributed by atoms with van der Waals surface area (Å²) in [5.41, 5.74) is 7.04. The largest absolute Gasteiger partial charge is 0.0614 e. The Morgan fingerprint density at radius 3 is 2.20 bits per heavy atom. The average molecular weight is 266 g/mol. The lowest BCUT2D eigenvalue weighted by Crippen LogP contribution is -2.10. The molecule has 0 aromatic heterocycles. The van der Waals surface area contributed by atoms with Crippen molar-refractivity contribution in [2.75, 3.05) is 0 Å². The molecule has 0 bridgehead atoms. The number of benzene rings is 2. The Kier molecular flexibility index (Phi) is 4.04. The predicted octanol–water partition coefficient (Wildman–Crippen LogP) is 6.08. The fourth-order valence-corrected chi connectivity index (χ4v) is 2.46. The zero-order valence-electron chi connectivity index (χ0n) is 13.6. The van der Waals surface area contributed by atoms with Gasteiger partial charge in [-0.15, -0.1) is 0 Å². The maximum absolute atomic E-state index is 2.35. The topological polar surface area (TPSA) is 0 Å². The summed E-state index contributed by atoms with van der Waals surface area (Å²) >= 11 is 0. The maximum Gasteiger partial charge on any atom is -0.0132 e. The molecule has 0 heterocycles. The highest BCUT2D eigenvalue weighted by Gasteiger charge is 2.14. The van der Waals surface area contributed by atoms with Crippen molar-refractivity contribution >= 4 is 0 Å². The summed E-state index contributed by atoms with van der Waals surface area (Å²) in [4.78, 5) is 0. The van der Waals surface area contributed by atoms with Gasteiger partial charge in [0, 0.05) is 0 Å². The van der Waals surface area contributed by atoms with Crippen LogP contribution in [0.4, 0.5) is 0 Å². The van der Waals surface area contributed by atoms with E-state index in [2.05, 4.69) is 84.0 Å². The van der Waals surface area contributed by atoms with E-state index in [0.717, 1.165) is 0 Å². The summed E-state index contributed by atoms with van der Waals surface area (Å²) < 4.78 is 0. The molecule has 106 valence electrons. The number of aryl methyl sites for hydroxylation is 1. The van der Waals surface area contributed by atoms with Crippen LogP contribution in [0.5, 0.6) is 0 Å². The molecule has 2 rings (SSSR count). The van der Waals surface area contributed by atoms with Crippen molar-refractivity contribution < 1.29 is 0 Å². The lowest BCUT2D eigenvalue weighted by atomic mass is 9.84. The van der Waals surface area contributed by atoms with Gasteiger partial charge in [0.25, 0.3) is 0 Å². The fraction of sp³-hybridized carbons (Fsp3) is 0.400. The van der Waals surface area contributed by atoms with Crippen LogP contribution in [0.15, 0.2) is 42.5 Å². The maximum atomic E-state index is 2.35. The van der Waals surface area contributed by atoms with Gasteiger partial charge in [0.05, 0.1) is 0 Å². The second-order valence-corrected chi connectivity index (χ2v) is 7.06. The van der Waals surface area contributed by atoms with Gasteiger partial charge in [0.2, 0.25) is 0 Å². The molecule has 0 amide bonds. The third-order valence-electron chi connectivity index (χ3n) is 3.97. The quantitative estimate of drug-likeness (QED) is 0.617. The lowest BCUT2D eigenvalue weighted by molar-refractivity contribution is 0.590. The molecular weight excluding hydrogens is 240 g/mol. The van der Waals surface area contributed by atoms with Gasteiger partial charge in [0.1, 0.15) is 0 Å². The van der Waals surface area contributed by atoms with Crippen molar-refractivity contribution in [1.29, 1.82) is 0 Å². The van der Waals surface area contributed by atoms with Gasteiger partial charge < -0.3 is 0 Å². The van der Waals surface area contributed by atoms with Gasteiger partial charge in [-0.25, -0.2) is 0 Å². The molecule has 0 unspecified atom stereocenters. The molecule has 0 aliphatic rings. The summed E-state index contributed by atoms with van der Waals surface area (Å²) in [6.45, 7) is 13.5. The van der Waals surface area contributed by atoms with Crippen molar-refractivity contribution in [3.63, 3.8) is 0 Å². The van der Waals surface area contributed by atoms with Crippen molar-refractivity contribution in [2.45, 2.75) is 52.9 Å². The van der Waals surface area contributed by atoms with Crippen LogP contribution >= 0.6 is 0 Å². The highest BCUT2D eigenvalue weighted by molar-refractivity contribution is 5.69. The number of rotatable bonds is 2. The van der Waals surface area contributed by atoms with Crippen LogP contribution in [0.25, 0.3) is 11.1 Å². The normalized spacial score (nSPS) is 11.9. The van der Waals surface area contributed by atoms with Gasteiger partial charge in [-0.3, -0.25) is 0 Å². The second kappa shape index (κ2) is 5.44. The standard InChI is InChI=1S/C20H26/c1-14(2)16-11-10-15(3)19(13-16)17-8-7-9-18(12-17)20(4,5)6/h7-14H,1-6H3. The summed E-state index contributed by atoms with van der Waals surface area (Å²) in [5.74, 6) is 0.570. The number of hydrogen-bond acceptors (Lipinski definition) is 0. The van der Waals surface area contributed by atoms with Crippen molar-refractivity contribution in [3.05, 3.63) is 59.2 Å². The van der Waals surface area contributed by atoms with Crippen LogP contribution in [-0.4, -0.2) is 0 Å². The minimum Gasteiger partial charge on any atom is -0.0614 e. The molecule has 0 fully saturated rings. The minimum absolute atomic E-state index is 0.194. The van der Waals surface area contributed by atoms with E-state index in [-0.39, 0.29) is 5.41 Å². The van der Waals surface area contributed by atoms with E-state index in [9.17, 15) is 0 Å². The van der Waals surface area contributed by atoms with Crippen LogP contribution < -0.4 is 0 Å². The van der Waals surface area contributed by atoms with Gasteiger partial charge in [-0.1, -0.05) is 77.1 Å². The summed E-state index contributed by atoms with van der Waals surface area (Å²) in [6.07, 6.45) is 0. The molecule has 20 heavy (non-hydrogen) atoms. The Hall–Kier alpha value is -1.56. The van der Waals surface area contributed by atoms with Crippen molar-refractivity contribution in [1.82, 2.24) is 0 Å². The average Bonchev–Trinajstić information content (AvgIpc) is 2.38. The zero-order chi connectivity index (χ0) is 14.9. The molecule has 0 aliphatic carbocycles. The first-order valence-corrected chi connectivity index (χ1v) is 7.50. The predicted molar refractivity (Wildman–Crippen MR) is 89.4 cm³/mol. The third-order valence-corrected chi connectivity index (χ3v) is 3.97. The third kappa shape index (κ3) is 3.12. The van der Waals surface area contributed by atoms with Crippen LogP contribution in [0.2, 0.25) is 0 Å². The first-order valence-electron chi connectivity index (χ1n) is 7.50. The molecule has 0 nitrogen and oxygen atoms in total. The lowest BCUT2D eigenvalue weighted by Gasteiger charge is -2.20. The van der Waals surface area contributed by atoms with Crippen LogP contribution in [-0.2, 0) is 5.41 Å². The molecule has 2 aromatic carbocycles. The molecule has 0 spiro atoms. The van der Waals surface area contributed by atoms with Gasteiger partial charge in [0.15, 0.2) is 0 Å². The van der Waals surface area contributed by atoms with Gasteiger partial charge in [-0.05, 0) is 46.1 Å². The second-order valence-electron chi connectivity index (χ2n) is 7.06. The number of hydrogen-bond donors (Lipinski definition) is 0. The van der Waals surface area contributed by atoms with E-state index in [1.165, 1.54) is 27.8 Å². The molecule has 0 N–H and O–H groups in total. The Bertz CT molecular complexity index is 598. The Morgan fingerprint density at radius 2 is 1.60 bits per heavy atom. The van der Waals surface area contributed by atoms with E-state index in [4.69, 9.17) is 0 Å². The molecule has 0 radical (unpaired) electrons. The summed E-state index contributed by atoms with van der Waals surface area (Å²) in [5, 5.41) is 0. The molecule has 2 aromatic rings. The van der Waals surface area contributed by atoms with Crippen LogP contribution in [0, 0.1) is 6.92 Å².